The van der Waals surface area contributed by atoms with E-state index in [0.29, 0.717) is 24.5 Å². The van der Waals surface area contributed by atoms with Crippen molar-refractivity contribution in [3.8, 4) is 0 Å². The zero-order valence-corrected chi connectivity index (χ0v) is 13.8. The van der Waals surface area contributed by atoms with Gasteiger partial charge in [-0.2, -0.15) is 0 Å². The lowest BCUT2D eigenvalue weighted by molar-refractivity contribution is -0.122. The van der Waals surface area contributed by atoms with Crippen molar-refractivity contribution in [1.82, 2.24) is 10.2 Å². The van der Waals surface area contributed by atoms with Crippen molar-refractivity contribution in [3.63, 3.8) is 0 Å². The van der Waals surface area contributed by atoms with Crippen LogP contribution in [0.25, 0.3) is 0 Å². The minimum Gasteiger partial charge on any atom is -0.353 e. The number of hydrogen-bond donors (Lipinski definition) is 1. The fraction of sp³-hybridized carbons (Fsp3) is 0.632. The average molecular weight is 300 g/mol. The highest BCUT2D eigenvalue weighted by molar-refractivity contribution is 5.75. The van der Waals surface area contributed by atoms with Gasteiger partial charge in [0.15, 0.2) is 0 Å². The smallest absolute Gasteiger partial charge is 0.219 e. The Morgan fingerprint density at radius 2 is 1.82 bits per heavy atom. The van der Waals surface area contributed by atoms with Gasteiger partial charge in [0.25, 0.3) is 0 Å². The Morgan fingerprint density at radius 1 is 1.18 bits per heavy atom. The SMILES string of the molecule is CCC(=O)NC1C[C@H]2CCC[C@@H](C1)N2Cc1ccc(C)cc1. The highest BCUT2D eigenvalue weighted by Gasteiger charge is 2.38. The summed E-state index contributed by atoms with van der Waals surface area (Å²) in [6, 6.07) is 10.6. The molecule has 1 amide bonds. The first-order chi connectivity index (χ1) is 10.7. The number of aryl methyl sites for hydroxylation is 1. The number of fused-ring (bicyclic) bond motifs is 2. The summed E-state index contributed by atoms with van der Waals surface area (Å²) in [7, 11) is 0. The van der Waals surface area contributed by atoms with Crippen molar-refractivity contribution >= 4 is 5.91 Å². The molecular weight excluding hydrogens is 272 g/mol. The first-order valence-electron chi connectivity index (χ1n) is 8.76. The molecule has 3 nitrogen and oxygen atoms in total. The van der Waals surface area contributed by atoms with Crippen LogP contribution in [0.3, 0.4) is 0 Å². The van der Waals surface area contributed by atoms with Crippen LogP contribution in [0, 0.1) is 6.92 Å². The molecule has 2 bridgehead atoms. The molecule has 0 radical (unpaired) electrons. The van der Waals surface area contributed by atoms with Crippen molar-refractivity contribution < 1.29 is 4.79 Å². The molecule has 1 unspecified atom stereocenters. The minimum atomic E-state index is 0.204. The van der Waals surface area contributed by atoms with E-state index >= 15 is 0 Å². The molecule has 2 heterocycles. The van der Waals surface area contributed by atoms with E-state index in [4.69, 9.17) is 0 Å². The molecule has 1 aromatic carbocycles. The Bertz CT molecular complexity index is 497. The van der Waals surface area contributed by atoms with Crippen LogP contribution in [-0.2, 0) is 11.3 Å². The van der Waals surface area contributed by atoms with E-state index in [1.165, 1.54) is 30.4 Å². The van der Waals surface area contributed by atoms with E-state index < -0.39 is 0 Å². The van der Waals surface area contributed by atoms with E-state index in [9.17, 15) is 4.79 Å². The minimum absolute atomic E-state index is 0.204. The number of rotatable bonds is 4. The largest absolute Gasteiger partial charge is 0.353 e. The third kappa shape index (κ3) is 3.52. The molecule has 1 aromatic rings. The molecule has 3 rings (SSSR count). The molecule has 1 N–H and O–H groups in total. The molecule has 3 atom stereocenters. The van der Waals surface area contributed by atoms with Crippen molar-refractivity contribution in [1.29, 1.82) is 0 Å². The van der Waals surface area contributed by atoms with Gasteiger partial charge in [-0.15, -0.1) is 0 Å². The van der Waals surface area contributed by atoms with Gasteiger partial charge in [0.2, 0.25) is 5.91 Å². The van der Waals surface area contributed by atoms with Crippen LogP contribution in [0.1, 0.15) is 56.6 Å². The van der Waals surface area contributed by atoms with Crippen molar-refractivity contribution in [2.24, 2.45) is 0 Å². The number of amides is 1. The van der Waals surface area contributed by atoms with E-state index in [0.717, 1.165) is 19.4 Å². The third-order valence-corrected chi connectivity index (χ3v) is 5.30. The van der Waals surface area contributed by atoms with Crippen LogP contribution >= 0.6 is 0 Å². The van der Waals surface area contributed by atoms with Gasteiger partial charge in [0.1, 0.15) is 0 Å². The number of nitrogens with one attached hydrogen (secondary N) is 1. The molecule has 2 saturated heterocycles. The summed E-state index contributed by atoms with van der Waals surface area (Å²) < 4.78 is 0. The summed E-state index contributed by atoms with van der Waals surface area (Å²) in [4.78, 5) is 14.4. The molecule has 2 aliphatic rings. The lowest BCUT2D eigenvalue weighted by Crippen LogP contribution is -2.56. The van der Waals surface area contributed by atoms with Gasteiger partial charge in [-0.05, 0) is 38.2 Å². The lowest BCUT2D eigenvalue weighted by atomic mass is 9.81. The predicted octanol–water partition coefficient (Wildman–Crippen LogP) is 3.41. The van der Waals surface area contributed by atoms with Crippen LogP contribution in [0.2, 0.25) is 0 Å². The van der Waals surface area contributed by atoms with E-state index in [1.54, 1.807) is 0 Å². The van der Waals surface area contributed by atoms with E-state index in [2.05, 4.69) is 41.4 Å². The van der Waals surface area contributed by atoms with Crippen molar-refractivity contribution in [2.75, 3.05) is 0 Å². The average Bonchev–Trinajstić information content (AvgIpc) is 2.50. The summed E-state index contributed by atoms with van der Waals surface area (Å²) in [5, 5.41) is 3.22. The number of hydrogen-bond acceptors (Lipinski definition) is 2. The first kappa shape index (κ1) is 15.5. The highest BCUT2D eigenvalue weighted by Crippen LogP contribution is 2.35. The Kier molecular flexibility index (Phi) is 4.82. The maximum atomic E-state index is 11.7. The maximum Gasteiger partial charge on any atom is 0.219 e. The molecule has 2 fully saturated rings. The summed E-state index contributed by atoms with van der Waals surface area (Å²) in [6.45, 7) is 5.13. The lowest BCUT2D eigenvalue weighted by Gasteiger charge is -2.49. The van der Waals surface area contributed by atoms with E-state index in [1.807, 2.05) is 6.92 Å². The second-order valence-electron chi connectivity index (χ2n) is 6.99. The second-order valence-corrected chi connectivity index (χ2v) is 6.99. The predicted molar refractivity (Wildman–Crippen MR) is 89.6 cm³/mol. The van der Waals surface area contributed by atoms with Crippen LogP contribution < -0.4 is 5.32 Å². The molecule has 0 aliphatic carbocycles. The third-order valence-electron chi connectivity index (χ3n) is 5.30. The molecule has 0 saturated carbocycles. The molecule has 22 heavy (non-hydrogen) atoms. The fourth-order valence-corrected chi connectivity index (χ4v) is 4.09. The summed E-state index contributed by atoms with van der Waals surface area (Å²) in [6.07, 6.45) is 6.73. The van der Waals surface area contributed by atoms with Gasteiger partial charge in [-0.1, -0.05) is 43.2 Å². The number of carbonyl (C=O) groups excluding carboxylic acids is 1. The van der Waals surface area contributed by atoms with Gasteiger partial charge >= 0.3 is 0 Å². The molecule has 0 spiro atoms. The fourth-order valence-electron chi connectivity index (χ4n) is 4.09. The molecule has 0 aromatic heterocycles. The highest BCUT2D eigenvalue weighted by atomic mass is 16.1. The second kappa shape index (κ2) is 6.82. The molecule has 2 aliphatic heterocycles. The zero-order chi connectivity index (χ0) is 15.5. The number of benzene rings is 1. The summed E-state index contributed by atoms with van der Waals surface area (Å²) in [5.41, 5.74) is 2.74. The van der Waals surface area contributed by atoms with Crippen LogP contribution in [0.4, 0.5) is 0 Å². The zero-order valence-electron chi connectivity index (χ0n) is 13.8. The Labute approximate surface area is 134 Å². The van der Waals surface area contributed by atoms with Gasteiger partial charge in [0, 0.05) is 31.1 Å². The number of carbonyl (C=O) groups is 1. The van der Waals surface area contributed by atoms with Crippen LogP contribution in [0.5, 0.6) is 0 Å². The van der Waals surface area contributed by atoms with Gasteiger partial charge < -0.3 is 5.32 Å². The van der Waals surface area contributed by atoms with Crippen molar-refractivity contribution in [3.05, 3.63) is 35.4 Å². The first-order valence-corrected chi connectivity index (χ1v) is 8.76. The standard InChI is InChI=1S/C19H28N2O/c1-3-19(22)20-16-11-17-5-4-6-18(12-16)21(17)13-15-9-7-14(2)8-10-15/h7-10,16-18H,3-6,11-13H2,1-2H3,(H,20,22)/t16?,17-,18+. The van der Waals surface area contributed by atoms with Crippen LogP contribution in [0.15, 0.2) is 24.3 Å². The van der Waals surface area contributed by atoms with Gasteiger partial charge in [-0.3, -0.25) is 9.69 Å². The van der Waals surface area contributed by atoms with Gasteiger partial charge in [-0.25, -0.2) is 0 Å². The van der Waals surface area contributed by atoms with Crippen LogP contribution in [-0.4, -0.2) is 28.9 Å². The molecular formula is C19H28N2O. The normalized spacial score (nSPS) is 28.4. The number of piperidine rings is 2. The Hall–Kier alpha value is -1.35. The monoisotopic (exact) mass is 300 g/mol. The van der Waals surface area contributed by atoms with Crippen molar-refractivity contribution in [2.45, 2.75) is 77.0 Å². The Balaban J connectivity index is 1.66. The molecule has 3 heteroatoms. The van der Waals surface area contributed by atoms with E-state index in [-0.39, 0.29) is 5.91 Å². The number of nitrogens with zero attached hydrogens (tertiary/aromatic N) is 1. The summed E-state index contributed by atoms with van der Waals surface area (Å²) >= 11 is 0. The quantitative estimate of drug-likeness (QED) is 0.924. The van der Waals surface area contributed by atoms with Gasteiger partial charge in [0.05, 0.1) is 0 Å². The summed E-state index contributed by atoms with van der Waals surface area (Å²) in [5.74, 6) is 0.204. The molecule has 120 valence electrons. The maximum absolute atomic E-state index is 11.7. The Morgan fingerprint density at radius 3 is 2.41 bits per heavy atom. The topological polar surface area (TPSA) is 32.3 Å².